The minimum atomic E-state index is -0.481. The molecule has 200 valence electrons. The van der Waals surface area contributed by atoms with Gasteiger partial charge in [-0.25, -0.2) is 4.98 Å². The molecule has 0 spiro atoms. The molecule has 12 heteroatoms. The maximum absolute atomic E-state index is 13.1. The number of imidazole rings is 1. The number of methoxy groups -OCH3 is 2. The highest BCUT2D eigenvalue weighted by Crippen LogP contribution is 2.35. The Hall–Kier alpha value is -4.19. The van der Waals surface area contributed by atoms with Gasteiger partial charge in [0.05, 0.1) is 20.8 Å². The van der Waals surface area contributed by atoms with E-state index >= 15 is 0 Å². The number of amides is 1. The molecular formula is C26H31N7O4S. The fourth-order valence-corrected chi connectivity index (χ4v) is 4.14. The molecule has 0 aliphatic rings. The average Bonchev–Trinajstić information content (AvgIpc) is 3.52. The monoisotopic (exact) mass is 537 g/mol. The van der Waals surface area contributed by atoms with Gasteiger partial charge in [-0.15, -0.1) is 0 Å². The number of rotatable bonds is 9. The van der Waals surface area contributed by atoms with Crippen molar-refractivity contribution in [2.45, 2.75) is 39.7 Å². The molecule has 0 fully saturated rings. The minimum Gasteiger partial charge on any atom is -0.479 e. The fourth-order valence-electron chi connectivity index (χ4n) is 3.48. The SMILES string of the molecule is COc1nc(NCc2nccn2C)nc(OC)c1NC(=O)c1csc(Oc2cc(C(C)(C)C)ccc2C)n1. The summed E-state index contributed by atoms with van der Waals surface area (Å²) in [7, 11) is 4.79. The number of benzene rings is 1. The zero-order chi connectivity index (χ0) is 27.4. The first kappa shape index (κ1) is 26.9. The van der Waals surface area contributed by atoms with Crippen LogP contribution in [0.3, 0.4) is 0 Å². The quantitative estimate of drug-likeness (QED) is 0.305. The van der Waals surface area contributed by atoms with Gasteiger partial charge in [0.15, 0.2) is 5.69 Å². The first-order chi connectivity index (χ1) is 18.1. The average molecular weight is 538 g/mol. The second-order valence-corrected chi connectivity index (χ2v) is 10.4. The molecule has 0 aliphatic heterocycles. The van der Waals surface area contributed by atoms with Crippen LogP contribution in [0.15, 0.2) is 36.0 Å². The standard InChI is InChI=1S/C26H31N7O4S/c1-15-8-9-16(26(2,3)4)12-18(15)37-25-29-17(14-38-25)21(34)30-20-22(35-6)31-24(32-23(20)36-7)28-13-19-27-10-11-33(19)5/h8-12,14H,13H2,1-7H3,(H,30,34)(H,28,31,32). The van der Waals surface area contributed by atoms with Gasteiger partial charge >= 0.3 is 0 Å². The van der Waals surface area contributed by atoms with Crippen LogP contribution in [0.4, 0.5) is 11.6 Å². The van der Waals surface area contributed by atoms with E-state index in [2.05, 4.69) is 57.4 Å². The summed E-state index contributed by atoms with van der Waals surface area (Å²) in [6, 6.07) is 6.11. The highest BCUT2D eigenvalue weighted by molar-refractivity contribution is 7.11. The van der Waals surface area contributed by atoms with E-state index in [-0.39, 0.29) is 34.5 Å². The Morgan fingerprint density at radius 3 is 2.42 bits per heavy atom. The molecule has 0 saturated heterocycles. The van der Waals surface area contributed by atoms with E-state index in [4.69, 9.17) is 14.2 Å². The molecule has 0 aliphatic carbocycles. The summed E-state index contributed by atoms with van der Waals surface area (Å²) < 4.78 is 18.7. The van der Waals surface area contributed by atoms with Crippen molar-refractivity contribution in [2.75, 3.05) is 24.9 Å². The molecule has 1 amide bonds. The number of carbonyl (C=O) groups excluding carboxylic acids is 1. The van der Waals surface area contributed by atoms with Crippen molar-refractivity contribution in [3.05, 3.63) is 58.6 Å². The largest absolute Gasteiger partial charge is 0.479 e. The maximum atomic E-state index is 13.1. The molecule has 0 unspecified atom stereocenters. The van der Waals surface area contributed by atoms with Gasteiger partial charge in [0, 0.05) is 24.8 Å². The molecule has 0 saturated carbocycles. The van der Waals surface area contributed by atoms with Crippen LogP contribution < -0.4 is 24.8 Å². The van der Waals surface area contributed by atoms with Crippen LogP contribution in [0.1, 0.15) is 48.2 Å². The van der Waals surface area contributed by atoms with Crippen LogP contribution in [-0.2, 0) is 19.0 Å². The zero-order valence-corrected chi connectivity index (χ0v) is 23.3. The number of hydrogen-bond donors (Lipinski definition) is 2. The predicted octanol–water partition coefficient (Wildman–Crippen LogP) is 4.95. The van der Waals surface area contributed by atoms with Gasteiger partial charge < -0.3 is 29.4 Å². The number of nitrogens with one attached hydrogen (secondary N) is 2. The van der Waals surface area contributed by atoms with Crippen molar-refractivity contribution in [3.63, 3.8) is 0 Å². The lowest BCUT2D eigenvalue weighted by atomic mass is 9.86. The summed E-state index contributed by atoms with van der Waals surface area (Å²) in [6.45, 7) is 8.78. The molecule has 1 aromatic carbocycles. The second-order valence-electron chi connectivity index (χ2n) is 9.53. The molecule has 11 nitrogen and oxygen atoms in total. The van der Waals surface area contributed by atoms with Crippen molar-refractivity contribution in [1.29, 1.82) is 0 Å². The van der Waals surface area contributed by atoms with Crippen LogP contribution in [0, 0.1) is 6.92 Å². The van der Waals surface area contributed by atoms with Gasteiger partial charge in [-0.1, -0.05) is 44.2 Å². The summed E-state index contributed by atoms with van der Waals surface area (Å²) >= 11 is 1.23. The third kappa shape index (κ3) is 6.02. The van der Waals surface area contributed by atoms with Gasteiger partial charge in [-0.3, -0.25) is 4.79 Å². The molecule has 3 aromatic heterocycles. The van der Waals surface area contributed by atoms with Gasteiger partial charge in [0.25, 0.3) is 11.1 Å². The van der Waals surface area contributed by atoms with Gasteiger partial charge in [-0.2, -0.15) is 15.0 Å². The molecule has 0 radical (unpaired) electrons. The lowest BCUT2D eigenvalue weighted by molar-refractivity contribution is 0.102. The lowest BCUT2D eigenvalue weighted by Crippen LogP contribution is -2.16. The Morgan fingerprint density at radius 1 is 1.11 bits per heavy atom. The number of anilines is 2. The van der Waals surface area contributed by atoms with Crippen LogP contribution >= 0.6 is 11.3 Å². The van der Waals surface area contributed by atoms with Crippen LogP contribution in [0.2, 0.25) is 0 Å². The topological polar surface area (TPSA) is 125 Å². The third-order valence-corrected chi connectivity index (χ3v) is 6.48. The van der Waals surface area contributed by atoms with E-state index in [1.165, 1.54) is 25.6 Å². The van der Waals surface area contributed by atoms with Crippen LogP contribution in [0.25, 0.3) is 0 Å². The molecule has 4 aromatic rings. The van der Waals surface area contributed by atoms with Gasteiger partial charge in [-0.05, 0) is 29.5 Å². The van der Waals surface area contributed by atoms with Gasteiger partial charge in [0.1, 0.15) is 17.3 Å². The van der Waals surface area contributed by atoms with E-state index in [1.54, 1.807) is 11.6 Å². The van der Waals surface area contributed by atoms with Crippen molar-refractivity contribution in [1.82, 2.24) is 24.5 Å². The number of carbonyl (C=O) groups is 1. The lowest BCUT2D eigenvalue weighted by Gasteiger charge is -2.20. The molecule has 0 bridgehead atoms. The van der Waals surface area contributed by atoms with Crippen molar-refractivity contribution < 1.29 is 19.0 Å². The smallest absolute Gasteiger partial charge is 0.279 e. The number of nitrogens with zero attached hydrogens (tertiary/aromatic N) is 5. The third-order valence-electron chi connectivity index (χ3n) is 5.76. The van der Waals surface area contributed by atoms with Crippen LogP contribution in [0.5, 0.6) is 22.7 Å². The number of ether oxygens (including phenoxy) is 3. The Labute approximate surface area is 225 Å². The minimum absolute atomic E-state index is 0.0246. The van der Waals surface area contributed by atoms with Gasteiger partial charge in [0.2, 0.25) is 17.7 Å². The fraction of sp³-hybridized carbons (Fsp3) is 0.346. The molecule has 2 N–H and O–H groups in total. The summed E-state index contributed by atoms with van der Waals surface area (Å²) in [5.74, 6) is 1.54. The maximum Gasteiger partial charge on any atom is 0.279 e. The Morgan fingerprint density at radius 2 is 1.82 bits per heavy atom. The first-order valence-electron chi connectivity index (χ1n) is 11.8. The predicted molar refractivity (Wildman–Crippen MR) is 146 cm³/mol. The Kier molecular flexibility index (Phi) is 7.81. The molecule has 4 rings (SSSR count). The van der Waals surface area contributed by atoms with E-state index < -0.39 is 5.91 Å². The van der Waals surface area contributed by atoms with E-state index in [1.807, 2.05) is 36.9 Å². The normalized spacial score (nSPS) is 11.2. The summed E-state index contributed by atoms with van der Waals surface area (Å²) in [5, 5.41) is 7.82. The number of aromatic nitrogens is 5. The number of aryl methyl sites for hydroxylation is 2. The zero-order valence-electron chi connectivity index (χ0n) is 22.4. The van der Waals surface area contributed by atoms with Crippen LogP contribution in [-0.4, -0.2) is 44.6 Å². The highest BCUT2D eigenvalue weighted by Gasteiger charge is 2.22. The van der Waals surface area contributed by atoms with E-state index in [0.29, 0.717) is 17.5 Å². The van der Waals surface area contributed by atoms with Crippen molar-refractivity contribution in [2.24, 2.45) is 7.05 Å². The van der Waals surface area contributed by atoms with E-state index in [9.17, 15) is 4.79 Å². The first-order valence-corrected chi connectivity index (χ1v) is 12.7. The molecule has 3 heterocycles. The summed E-state index contributed by atoms with van der Waals surface area (Å²) in [6.07, 6.45) is 3.55. The molecule has 0 atom stereocenters. The van der Waals surface area contributed by atoms with Crippen molar-refractivity contribution in [3.8, 4) is 22.7 Å². The Balaban J connectivity index is 1.50. The number of thiazole rings is 1. The Bertz CT molecular complexity index is 1420. The summed E-state index contributed by atoms with van der Waals surface area (Å²) in [4.78, 5) is 30.4. The second kappa shape index (κ2) is 11.1. The van der Waals surface area contributed by atoms with Crippen molar-refractivity contribution >= 4 is 28.9 Å². The highest BCUT2D eigenvalue weighted by atomic mass is 32.1. The van der Waals surface area contributed by atoms with E-state index in [0.717, 1.165) is 17.0 Å². The molecular weight excluding hydrogens is 506 g/mol. The number of hydrogen-bond acceptors (Lipinski definition) is 10. The summed E-state index contributed by atoms with van der Waals surface area (Å²) in [5.41, 5.74) is 2.46. The molecule has 38 heavy (non-hydrogen) atoms.